The molecule has 0 saturated carbocycles. The summed E-state index contributed by atoms with van der Waals surface area (Å²) in [6.45, 7) is 8.06. The van der Waals surface area contributed by atoms with Crippen LogP contribution in [0, 0.1) is 5.41 Å². The molecule has 0 amide bonds. The third-order valence-corrected chi connectivity index (χ3v) is 5.74. The SMILES string of the molecule is C[C@H](NP(=O)(O)OC[C@H]1O[C@@H](n2ccc(=O)[nH]c2=O)C[C@]1(C)O)C(=O)OCC(C)(C)C. The number of esters is 1. The summed E-state index contributed by atoms with van der Waals surface area (Å²) in [7, 11) is -4.44. The van der Waals surface area contributed by atoms with E-state index >= 15 is 0 Å². The van der Waals surface area contributed by atoms with Gasteiger partial charge in [-0.25, -0.2) is 14.4 Å². The number of H-pyrrole nitrogens is 1. The number of aromatic nitrogens is 2. The van der Waals surface area contributed by atoms with Gasteiger partial charge in [0.15, 0.2) is 0 Å². The van der Waals surface area contributed by atoms with E-state index in [-0.39, 0.29) is 18.4 Å². The number of rotatable bonds is 8. The number of aliphatic hydroxyl groups is 1. The van der Waals surface area contributed by atoms with Crippen molar-refractivity contribution in [2.24, 2.45) is 5.41 Å². The third-order valence-electron chi connectivity index (χ3n) is 4.52. The Labute approximate surface area is 179 Å². The number of hydrogen-bond acceptors (Lipinski definition) is 8. The van der Waals surface area contributed by atoms with E-state index in [0.29, 0.717) is 0 Å². The standard InChI is InChI=1S/C18H30N3O9P/c1-11(15(23)28-10-17(2,3)4)20-31(26,27)29-9-12-18(5,25)8-14(30-12)21-7-6-13(22)19-16(21)24/h6-7,11-12,14,25H,8-10H2,1-5H3,(H,19,22,24)(H2,20,26,27)/t11-,12+,14+,18-/m0/s1. The van der Waals surface area contributed by atoms with Crippen molar-refractivity contribution in [3.63, 3.8) is 0 Å². The van der Waals surface area contributed by atoms with Crippen LogP contribution in [0.15, 0.2) is 21.9 Å². The molecule has 13 heteroatoms. The Balaban J connectivity index is 1.96. The molecule has 176 valence electrons. The zero-order chi connectivity index (χ0) is 23.6. The number of hydrogen-bond donors (Lipinski definition) is 4. The normalized spacial score (nSPS) is 26.9. The van der Waals surface area contributed by atoms with Gasteiger partial charge >= 0.3 is 19.4 Å². The summed E-state index contributed by atoms with van der Waals surface area (Å²) >= 11 is 0. The van der Waals surface area contributed by atoms with Crippen LogP contribution in [0.25, 0.3) is 0 Å². The van der Waals surface area contributed by atoms with E-state index in [1.807, 2.05) is 20.8 Å². The Hall–Kier alpha value is -1.82. The first-order valence-electron chi connectivity index (χ1n) is 9.71. The summed E-state index contributed by atoms with van der Waals surface area (Å²) < 4.78 is 29.1. The average Bonchev–Trinajstić information content (AvgIpc) is 2.91. The van der Waals surface area contributed by atoms with Crippen LogP contribution in [0.3, 0.4) is 0 Å². The van der Waals surface area contributed by atoms with Crippen molar-refractivity contribution >= 4 is 13.7 Å². The fraction of sp³-hybridized carbons (Fsp3) is 0.722. The Morgan fingerprint density at radius 1 is 1.48 bits per heavy atom. The van der Waals surface area contributed by atoms with Crippen LogP contribution in [0.1, 0.15) is 47.3 Å². The Morgan fingerprint density at radius 2 is 2.13 bits per heavy atom. The van der Waals surface area contributed by atoms with Gasteiger partial charge in [-0.1, -0.05) is 20.8 Å². The quantitative estimate of drug-likeness (QED) is 0.310. The Bertz CT molecular complexity index is 950. The first kappa shape index (κ1) is 25.4. The lowest BCUT2D eigenvalue weighted by atomic mass is 9.98. The smallest absolute Gasteiger partial charge is 0.403 e. The molecule has 0 spiro atoms. The maximum atomic E-state index is 12.3. The average molecular weight is 463 g/mol. The molecular weight excluding hydrogens is 433 g/mol. The molecule has 1 saturated heterocycles. The van der Waals surface area contributed by atoms with E-state index in [1.165, 1.54) is 20.0 Å². The molecule has 12 nitrogen and oxygen atoms in total. The van der Waals surface area contributed by atoms with Crippen LogP contribution in [0.4, 0.5) is 0 Å². The van der Waals surface area contributed by atoms with Gasteiger partial charge in [-0.3, -0.25) is 23.7 Å². The predicted molar refractivity (Wildman–Crippen MR) is 109 cm³/mol. The number of carbonyl (C=O) groups excluding carboxylic acids is 1. The highest BCUT2D eigenvalue weighted by Gasteiger charge is 2.46. The lowest BCUT2D eigenvalue weighted by Crippen LogP contribution is -2.39. The molecule has 1 aliphatic rings. The Kier molecular flexibility index (Phi) is 7.68. The van der Waals surface area contributed by atoms with Gasteiger partial charge in [-0.15, -0.1) is 0 Å². The van der Waals surface area contributed by atoms with Gasteiger partial charge in [0.1, 0.15) is 18.4 Å². The van der Waals surface area contributed by atoms with Crippen molar-refractivity contribution in [3.8, 4) is 0 Å². The van der Waals surface area contributed by atoms with Crippen LogP contribution in [0.5, 0.6) is 0 Å². The zero-order valence-electron chi connectivity index (χ0n) is 18.2. The highest BCUT2D eigenvalue weighted by molar-refractivity contribution is 7.50. The molecule has 0 aromatic carbocycles. The van der Waals surface area contributed by atoms with Gasteiger partial charge in [-0.2, -0.15) is 0 Å². The number of nitrogens with zero attached hydrogens (tertiary/aromatic N) is 1. The summed E-state index contributed by atoms with van der Waals surface area (Å²) in [6.07, 6.45) is -0.757. The first-order valence-corrected chi connectivity index (χ1v) is 11.3. The minimum Gasteiger partial charge on any atom is -0.464 e. The topological polar surface area (TPSA) is 169 Å². The molecule has 1 unspecified atom stereocenters. The molecule has 1 aromatic rings. The van der Waals surface area contributed by atoms with E-state index in [4.69, 9.17) is 14.0 Å². The van der Waals surface area contributed by atoms with Crippen LogP contribution < -0.4 is 16.3 Å². The summed E-state index contributed by atoms with van der Waals surface area (Å²) in [5, 5.41) is 12.8. The largest absolute Gasteiger partial charge is 0.464 e. The van der Waals surface area contributed by atoms with E-state index < -0.39 is 55.5 Å². The van der Waals surface area contributed by atoms with Crippen LogP contribution in [-0.2, 0) is 23.4 Å². The number of carbonyl (C=O) groups is 1. The van der Waals surface area contributed by atoms with Gasteiger partial charge in [0.05, 0.1) is 18.8 Å². The minimum atomic E-state index is -4.44. The van der Waals surface area contributed by atoms with Gasteiger partial charge in [-0.05, 0) is 19.3 Å². The first-order chi connectivity index (χ1) is 14.1. The van der Waals surface area contributed by atoms with Gasteiger partial charge in [0.2, 0.25) is 0 Å². The molecule has 0 radical (unpaired) electrons. The molecule has 1 aromatic heterocycles. The monoisotopic (exact) mass is 463 g/mol. The van der Waals surface area contributed by atoms with Crippen molar-refractivity contribution in [1.82, 2.24) is 14.6 Å². The Morgan fingerprint density at radius 3 is 2.71 bits per heavy atom. The van der Waals surface area contributed by atoms with Crippen molar-refractivity contribution in [2.45, 2.75) is 65.0 Å². The molecule has 5 atom stereocenters. The molecule has 1 fully saturated rings. The lowest BCUT2D eigenvalue weighted by Gasteiger charge is -2.25. The maximum absolute atomic E-state index is 12.3. The fourth-order valence-corrected chi connectivity index (χ4v) is 3.83. The third kappa shape index (κ3) is 7.37. The molecule has 4 N–H and O–H groups in total. The summed E-state index contributed by atoms with van der Waals surface area (Å²) in [6, 6.07) is 0.0191. The molecule has 0 aliphatic carbocycles. The van der Waals surface area contributed by atoms with Gasteiger partial charge < -0.3 is 19.5 Å². The molecule has 1 aliphatic heterocycles. The molecule has 2 heterocycles. The van der Waals surface area contributed by atoms with Crippen molar-refractivity contribution in [2.75, 3.05) is 13.2 Å². The van der Waals surface area contributed by atoms with Crippen LogP contribution in [0.2, 0.25) is 0 Å². The van der Waals surface area contributed by atoms with Crippen molar-refractivity contribution < 1.29 is 33.4 Å². The van der Waals surface area contributed by atoms with E-state index in [0.717, 1.165) is 10.6 Å². The number of nitrogens with one attached hydrogen (secondary N) is 2. The molecule has 2 rings (SSSR count). The second kappa shape index (κ2) is 9.35. The van der Waals surface area contributed by atoms with Gasteiger partial charge in [0, 0.05) is 18.7 Å². The molecule has 0 bridgehead atoms. The number of ether oxygens (including phenoxy) is 2. The number of aromatic amines is 1. The lowest BCUT2D eigenvalue weighted by molar-refractivity contribution is -0.148. The second-order valence-electron chi connectivity index (χ2n) is 8.99. The fourth-order valence-electron chi connectivity index (χ4n) is 2.82. The minimum absolute atomic E-state index is 0.0222. The predicted octanol–water partition coefficient (Wildman–Crippen LogP) is 0.260. The highest BCUT2D eigenvalue weighted by atomic mass is 31.2. The maximum Gasteiger partial charge on any atom is 0.403 e. The van der Waals surface area contributed by atoms with E-state index in [9.17, 15) is 28.9 Å². The van der Waals surface area contributed by atoms with Crippen molar-refractivity contribution in [3.05, 3.63) is 33.1 Å². The van der Waals surface area contributed by atoms with Gasteiger partial charge in [0.25, 0.3) is 5.56 Å². The zero-order valence-corrected chi connectivity index (χ0v) is 19.0. The molecule has 31 heavy (non-hydrogen) atoms. The van der Waals surface area contributed by atoms with Crippen LogP contribution in [-0.4, -0.2) is 56.5 Å². The summed E-state index contributed by atoms with van der Waals surface area (Å²) in [5.74, 6) is -0.713. The van der Waals surface area contributed by atoms with E-state index in [1.54, 1.807) is 0 Å². The summed E-state index contributed by atoms with van der Waals surface area (Å²) in [5.41, 5.74) is -3.04. The van der Waals surface area contributed by atoms with E-state index in [2.05, 4.69) is 10.1 Å². The van der Waals surface area contributed by atoms with Crippen LogP contribution >= 0.6 is 7.75 Å². The molecular formula is C18H30N3O9P. The highest BCUT2D eigenvalue weighted by Crippen LogP contribution is 2.42. The second-order valence-corrected chi connectivity index (χ2v) is 10.6. The summed E-state index contributed by atoms with van der Waals surface area (Å²) in [4.78, 5) is 47.3. The van der Waals surface area contributed by atoms with Crippen molar-refractivity contribution in [1.29, 1.82) is 0 Å².